The molecule has 0 saturated heterocycles. The van der Waals surface area contributed by atoms with E-state index in [9.17, 15) is 0 Å². The predicted octanol–water partition coefficient (Wildman–Crippen LogP) is 4.77. The molecule has 0 spiro atoms. The molecule has 1 aliphatic rings. The summed E-state index contributed by atoms with van der Waals surface area (Å²) in [4.78, 5) is 0.821. The van der Waals surface area contributed by atoms with Crippen LogP contribution in [0.15, 0.2) is 0 Å². The highest BCUT2D eigenvalue weighted by Crippen LogP contribution is 2.35. The molecule has 2 atom stereocenters. The minimum Gasteiger partial charge on any atom is -0.0888 e. The molecule has 1 rings (SSSR count). The predicted molar refractivity (Wildman–Crippen MR) is 63.4 cm³/mol. The Balaban J connectivity index is 2.32. The van der Waals surface area contributed by atoms with E-state index in [1.54, 1.807) is 0 Å². The molecule has 78 valence electrons. The van der Waals surface area contributed by atoms with Crippen molar-refractivity contribution in [3.8, 4) is 0 Å². The van der Waals surface area contributed by atoms with E-state index in [0.29, 0.717) is 0 Å². The van der Waals surface area contributed by atoms with Crippen LogP contribution in [0.2, 0.25) is 0 Å². The maximum Gasteiger partial charge on any atom is 0.0174 e. The van der Waals surface area contributed by atoms with Gasteiger partial charge >= 0.3 is 0 Å². The summed E-state index contributed by atoms with van der Waals surface area (Å²) >= 11 is 3.84. The van der Waals surface area contributed by atoms with Gasteiger partial charge in [-0.1, -0.05) is 55.5 Å². The summed E-state index contributed by atoms with van der Waals surface area (Å²) in [6, 6.07) is 0. The van der Waals surface area contributed by atoms with E-state index < -0.39 is 0 Å². The summed E-state index contributed by atoms with van der Waals surface area (Å²) in [5.41, 5.74) is 0. The lowest BCUT2D eigenvalue weighted by Crippen LogP contribution is -2.21. The molecule has 13 heavy (non-hydrogen) atoms. The molecular weight excluding hydrogens is 224 g/mol. The van der Waals surface area contributed by atoms with E-state index in [2.05, 4.69) is 29.8 Å². The lowest BCUT2D eigenvalue weighted by molar-refractivity contribution is 0.290. The molecule has 0 nitrogen and oxygen atoms in total. The molecule has 0 aliphatic heterocycles. The van der Waals surface area contributed by atoms with Crippen molar-refractivity contribution in [2.75, 3.05) is 0 Å². The number of halogens is 1. The quantitative estimate of drug-likeness (QED) is 0.628. The first-order valence-electron chi connectivity index (χ1n) is 5.92. The maximum atomic E-state index is 3.84. The van der Waals surface area contributed by atoms with Crippen LogP contribution in [-0.2, 0) is 0 Å². The minimum atomic E-state index is 0.821. The fraction of sp³-hybridized carbons (Fsp3) is 1.00. The molecule has 0 aromatic carbocycles. The molecule has 0 bridgehead atoms. The van der Waals surface area contributed by atoms with Gasteiger partial charge in [0.15, 0.2) is 0 Å². The van der Waals surface area contributed by atoms with Crippen LogP contribution in [0.3, 0.4) is 0 Å². The Labute approximate surface area is 91.6 Å². The smallest absolute Gasteiger partial charge is 0.0174 e. The Bertz CT molecular complexity index is 129. The number of rotatable bonds is 4. The molecule has 0 aromatic rings. The highest BCUT2D eigenvalue weighted by molar-refractivity contribution is 9.09. The van der Waals surface area contributed by atoms with Crippen LogP contribution >= 0.6 is 15.9 Å². The van der Waals surface area contributed by atoms with E-state index in [1.165, 1.54) is 44.9 Å². The Morgan fingerprint density at radius 3 is 2.31 bits per heavy atom. The average molecular weight is 247 g/mol. The van der Waals surface area contributed by atoms with Gasteiger partial charge < -0.3 is 0 Å². The third-order valence-electron chi connectivity index (χ3n) is 3.61. The van der Waals surface area contributed by atoms with Gasteiger partial charge in [-0.15, -0.1) is 0 Å². The molecule has 0 heterocycles. The second kappa shape index (κ2) is 6.06. The average Bonchev–Trinajstić information content (AvgIpc) is 2.17. The molecule has 1 heteroatoms. The van der Waals surface area contributed by atoms with Crippen LogP contribution in [0.5, 0.6) is 0 Å². The van der Waals surface area contributed by atoms with Crippen molar-refractivity contribution >= 4 is 15.9 Å². The monoisotopic (exact) mass is 246 g/mol. The minimum absolute atomic E-state index is 0.821. The van der Waals surface area contributed by atoms with Crippen LogP contribution in [0.1, 0.15) is 58.8 Å². The van der Waals surface area contributed by atoms with Gasteiger partial charge in [0, 0.05) is 4.83 Å². The molecule has 1 fully saturated rings. The van der Waals surface area contributed by atoms with Crippen molar-refractivity contribution < 1.29 is 0 Å². The number of alkyl halides is 1. The van der Waals surface area contributed by atoms with Crippen LogP contribution in [0, 0.1) is 11.8 Å². The van der Waals surface area contributed by atoms with E-state index in [1.807, 2.05) is 0 Å². The highest BCUT2D eigenvalue weighted by atomic mass is 79.9. The van der Waals surface area contributed by atoms with E-state index in [4.69, 9.17) is 0 Å². The van der Waals surface area contributed by atoms with Crippen LogP contribution < -0.4 is 0 Å². The zero-order valence-corrected chi connectivity index (χ0v) is 10.6. The summed E-state index contributed by atoms with van der Waals surface area (Å²) < 4.78 is 0. The second-order valence-electron chi connectivity index (χ2n) is 4.48. The topological polar surface area (TPSA) is 0 Å². The summed E-state index contributed by atoms with van der Waals surface area (Å²) in [6.45, 7) is 4.67. The first-order chi connectivity index (χ1) is 6.27. The SMILES string of the molecule is CCC(CC)CC1CCCCC1Br. The van der Waals surface area contributed by atoms with Crippen molar-refractivity contribution in [2.45, 2.75) is 63.6 Å². The fourth-order valence-corrected chi connectivity index (χ4v) is 3.28. The largest absolute Gasteiger partial charge is 0.0888 e. The van der Waals surface area contributed by atoms with Crippen LogP contribution in [-0.4, -0.2) is 4.83 Å². The standard InChI is InChI=1S/C12H23Br/c1-3-10(4-2)9-11-7-5-6-8-12(11)13/h10-12H,3-9H2,1-2H3. The van der Waals surface area contributed by atoms with Gasteiger partial charge in [-0.25, -0.2) is 0 Å². The molecule has 2 unspecified atom stereocenters. The molecule has 0 aromatic heterocycles. The van der Waals surface area contributed by atoms with E-state index in [0.717, 1.165) is 16.7 Å². The number of hydrogen-bond donors (Lipinski definition) is 0. The Morgan fingerprint density at radius 2 is 1.77 bits per heavy atom. The Morgan fingerprint density at radius 1 is 1.15 bits per heavy atom. The van der Waals surface area contributed by atoms with Gasteiger partial charge in [-0.05, 0) is 31.1 Å². The maximum absolute atomic E-state index is 3.84. The van der Waals surface area contributed by atoms with Gasteiger partial charge in [0.1, 0.15) is 0 Å². The van der Waals surface area contributed by atoms with Crippen molar-refractivity contribution in [1.29, 1.82) is 0 Å². The molecule has 0 radical (unpaired) electrons. The third kappa shape index (κ3) is 3.61. The van der Waals surface area contributed by atoms with Gasteiger partial charge in [-0.2, -0.15) is 0 Å². The first kappa shape index (κ1) is 11.6. The van der Waals surface area contributed by atoms with E-state index in [-0.39, 0.29) is 0 Å². The summed E-state index contributed by atoms with van der Waals surface area (Å²) in [6.07, 6.45) is 9.97. The van der Waals surface area contributed by atoms with Crippen LogP contribution in [0.4, 0.5) is 0 Å². The summed E-state index contributed by atoms with van der Waals surface area (Å²) in [5.74, 6) is 1.95. The molecule has 1 saturated carbocycles. The lowest BCUT2D eigenvalue weighted by Gasteiger charge is -2.30. The van der Waals surface area contributed by atoms with Crippen molar-refractivity contribution in [2.24, 2.45) is 11.8 Å². The lowest BCUT2D eigenvalue weighted by atomic mass is 9.81. The normalized spacial score (nSPS) is 29.5. The fourth-order valence-electron chi connectivity index (χ4n) is 2.48. The van der Waals surface area contributed by atoms with Crippen molar-refractivity contribution in [3.05, 3.63) is 0 Å². The zero-order valence-electron chi connectivity index (χ0n) is 9.06. The van der Waals surface area contributed by atoms with Gasteiger partial charge in [0.25, 0.3) is 0 Å². The van der Waals surface area contributed by atoms with Gasteiger partial charge in [0.2, 0.25) is 0 Å². The number of hydrogen-bond acceptors (Lipinski definition) is 0. The second-order valence-corrected chi connectivity index (χ2v) is 5.65. The zero-order chi connectivity index (χ0) is 9.68. The summed E-state index contributed by atoms with van der Waals surface area (Å²) in [5, 5.41) is 0. The van der Waals surface area contributed by atoms with Crippen molar-refractivity contribution in [3.63, 3.8) is 0 Å². The van der Waals surface area contributed by atoms with Crippen molar-refractivity contribution in [1.82, 2.24) is 0 Å². The molecule has 1 aliphatic carbocycles. The highest BCUT2D eigenvalue weighted by Gasteiger charge is 2.24. The Kier molecular flexibility index (Phi) is 5.38. The van der Waals surface area contributed by atoms with Crippen LogP contribution in [0.25, 0.3) is 0 Å². The molecule has 0 N–H and O–H groups in total. The first-order valence-corrected chi connectivity index (χ1v) is 6.83. The molecular formula is C12H23Br. The van der Waals surface area contributed by atoms with Gasteiger partial charge in [-0.3, -0.25) is 0 Å². The van der Waals surface area contributed by atoms with Gasteiger partial charge in [0.05, 0.1) is 0 Å². The summed E-state index contributed by atoms with van der Waals surface area (Å²) in [7, 11) is 0. The third-order valence-corrected chi connectivity index (χ3v) is 4.81. The van der Waals surface area contributed by atoms with E-state index >= 15 is 0 Å². The Hall–Kier alpha value is 0.480. The molecule has 0 amide bonds.